The largest absolute Gasteiger partial charge is 0.479 e. The third-order valence-corrected chi connectivity index (χ3v) is 13.3. The van der Waals surface area contributed by atoms with Gasteiger partial charge in [-0.2, -0.15) is 0 Å². The van der Waals surface area contributed by atoms with Crippen LogP contribution in [0.5, 0.6) is 0 Å². The van der Waals surface area contributed by atoms with Crippen molar-refractivity contribution in [3.8, 4) is 0 Å². The number of carbonyl (C=O) groups excluding carboxylic acids is 4. The third-order valence-electron chi connectivity index (χ3n) is 13.3. The van der Waals surface area contributed by atoms with Crippen LogP contribution in [0.4, 0.5) is 0 Å². The summed E-state index contributed by atoms with van der Waals surface area (Å²) in [5.41, 5.74) is 1.20. The second kappa shape index (κ2) is 24.4. The number of carboxylic acids is 1. The number of aliphatic hydroxyl groups is 5. The van der Waals surface area contributed by atoms with E-state index in [1.165, 1.54) is 20.8 Å². The molecule has 1 aromatic rings. The number of hydrogen-bond donors (Lipinski definition) is 8. The first kappa shape index (κ1) is 51.6. The summed E-state index contributed by atoms with van der Waals surface area (Å²) < 4.78 is 31.2. The van der Waals surface area contributed by atoms with Gasteiger partial charge in [0.25, 0.3) is 5.91 Å². The van der Waals surface area contributed by atoms with Crippen LogP contribution >= 0.6 is 0 Å². The minimum absolute atomic E-state index is 0.0135. The Hall–Kier alpha value is -3.43. The lowest BCUT2D eigenvalue weighted by atomic mass is 9.74. The Morgan fingerprint density at radius 1 is 0.859 bits per heavy atom. The van der Waals surface area contributed by atoms with Gasteiger partial charge in [0.1, 0.15) is 54.2 Å². The molecule has 8 N–H and O–H groups in total. The topological polar surface area (TPSA) is 277 Å². The summed E-state index contributed by atoms with van der Waals surface area (Å²) >= 11 is 0. The average molecular weight is 907 g/mol. The number of rotatable bonds is 21. The van der Waals surface area contributed by atoms with Gasteiger partial charge in [-0.25, -0.2) is 4.79 Å². The lowest BCUT2D eigenvalue weighted by Crippen LogP contribution is -2.67. The SMILES string of the molecule is CCC1CC(C(=O)CCCNC(=O)c2ccccc2CCC(C)=O)C[C@@H](O[C@@H]2O[C@@H](CO)[C@H](O)C(O[C@@H](CC3CCCCC3)C(=O)O)C2NC(C)=O)[C@@H]1O[C@@H]1OC(C)[C@@H](O)[C@H](O)C1O. The fourth-order valence-corrected chi connectivity index (χ4v) is 9.66. The van der Waals surface area contributed by atoms with Gasteiger partial charge in [0, 0.05) is 37.8 Å². The molecule has 6 unspecified atom stereocenters. The Labute approximate surface area is 374 Å². The molecule has 0 bridgehead atoms. The maximum atomic E-state index is 14.0. The second-order valence-corrected chi connectivity index (χ2v) is 18.1. The molecule has 18 heteroatoms. The standard InChI is InChI=1S/C46H70N2O16/c1-5-28-21-30(32(52)16-11-19-47-43(57)31-15-10-9-14-29(31)18-17-24(2)50)22-33(41(28)64-46-40(56)39(55)37(53)25(3)60-46)62-45-36(48-26(4)51)42(38(54)35(23-49)63-45)61-34(44(58)59)20-27-12-7-6-8-13-27/h9-10,14-15,25,27-28,30,33-42,45-46,49,53-56H,5-8,11-13,16-23H2,1-4H3,(H,47,57)(H,48,51)(H,58,59)/t25?,28?,30?,33-,34+,35+,36?,37-,38+,39+,40?,41-,42?,45-,46+/m1/s1. The van der Waals surface area contributed by atoms with E-state index in [-0.39, 0.29) is 49.2 Å². The Balaban J connectivity index is 1.37. The van der Waals surface area contributed by atoms with Gasteiger partial charge in [-0.3, -0.25) is 14.4 Å². The zero-order valence-electron chi connectivity index (χ0n) is 37.4. The molecular weight excluding hydrogens is 837 g/mol. The van der Waals surface area contributed by atoms with Crippen LogP contribution in [0.2, 0.25) is 0 Å². The maximum absolute atomic E-state index is 14.0. The molecule has 4 fully saturated rings. The highest BCUT2D eigenvalue weighted by Gasteiger charge is 2.53. The van der Waals surface area contributed by atoms with Crippen LogP contribution < -0.4 is 10.6 Å². The van der Waals surface area contributed by atoms with E-state index in [0.717, 1.165) is 37.7 Å². The molecular formula is C46H70N2O16. The van der Waals surface area contributed by atoms with Crippen molar-refractivity contribution in [2.24, 2.45) is 17.8 Å². The van der Waals surface area contributed by atoms with Gasteiger partial charge >= 0.3 is 5.97 Å². The molecule has 15 atom stereocenters. The van der Waals surface area contributed by atoms with E-state index in [9.17, 15) is 54.6 Å². The first-order valence-electron chi connectivity index (χ1n) is 23.0. The van der Waals surface area contributed by atoms with Crippen LogP contribution in [0.15, 0.2) is 24.3 Å². The van der Waals surface area contributed by atoms with Gasteiger partial charge in [0.2, 0.25) is 5.91 Å². The van der Waals surface area contributed by atoms with Gasteiger partial charge in [-0.05, 0) is 69.4 Å². The fourth-order valence-electron chi connectivity index (χ4n) is 9.66. The molecule has 2 amide bonds. The number of ketones is 2. The predicted octanol–water partition coefficient (Wildman–Crippen LogP) is 1.71. The molecule has 18 nitrogen and oxygen atoms in total. The van der Waals surface area contributed by atoms with E-state index in [4.69, 9.17) is 23.7 Å². The van der Waals surface area contributed by atoms with E-state index < -0.39 is 110 Å². The highest BCUT2D eigenvalue weighted by molar-refractivity contribution is 5.95. The molecule has 2 aliphatic heterocycles. The number of carboxylic acid groups (broad SMARTS) is 1. The van der Waals surface area contributed by atoms with Crippen LogP contribution in [0.1, 0.15) is 121 Å². The van der Waals surface area contributed by atoms with Crippen molar-refractivity contribution in [1.82, 2.24) is 10.6 Å². The molecule has 360 valence electrons. The Bertz CT molecular complexity index is 1710. The van der Waals surface area contributed by atoms with Crippen molar-refractivity contribution in [2.75, 3.05) is 13.2 Å². The van der Waals surface area contributed by atoms with Crippen LogP contribution in [0.3, 0.4) is 0 Å². The van der Waals surface area contributed by atoms with Crippen LogP contribution in [-0.2, 0) is 49.3 Å². The molecule has 2 saturated heterocycles. The van der Waals surface area contributed by atoms with Crippen molar-refractivity contribution < 1.29 is 78.3 Å². The minimum Gasteiger partial charge on any atom is -0.479 e. The Morgan fingerprint density at radius 2 is 1.58 bits per heavy atom. The summed E-state index contributed by atoms with van der Waals surface area (Å²) in [5.74, 6) is -3.21. The first-order valence-corrected chi connectivity index (χ1v) is 23.0. The van der Waals surface area contributed by atoms with E-state index in [1.54, 1.807) is 24.3 Å². The molecule has 1 aromatic carbocycles. The monoisotopic (exact) mass is 906 g/mol. The number of Topliss-reactive ketones (excluding diaryl/α,β-unsaturated/α-hetero) is 2. The molecule has 2 aliphatic carbocycles. The molecule has 2 heterocycles. The van der Waals surface area contributed by atoms with Gasteiger partial charge in [-0.1, -0.05) is 63.6 Å². The lowest BCUT2D eigenvalue weighted by molar-refractivity contribution is -0.338. The summed E-state index contributed by atoms with van der Waals surface area (Å²) in [7, 11) is 0. The van der Waals surface area contributed by atoms with Gasteiger partial charge in [0.05, 0.1) is 24.9 Å². The van der Waals surface area contributed by atoms with Crippen LogP contribution in [0, 0.1) is 17.8 Å². The van der Waals surface area contributed by atoms with Crippen molar-refractivity contribution in [2.45, 2.75) is 191 Å². The smallest absolute Gasteiger partial charge is 0.332 e. The molecule has 5 rings (SSSR count). The first-order chi connectivity index (χ1) is 30.5. The number of hydrogen-bond acceptors (Lipinski definition) is 15. The summed E-state index contributed by atoms with van der Waals surface area (Å²) in [4.78, 5) is 64.2. The Morgan fingerprint density at radius 3 is 2.23 bits per heavy atom. The molecule has 4 aliphatic rings. The van der Waals surface area contributed by atoms with Crippen molar-refractivity contribution in [3.63, 3.8) is 0 Å². The van der Waals surface area contributed by atoms with Gasteiger partial charge in [-0.15, -0.1) is 0 Å². The highest BCUT2D eigenvalue weighted by Crippen LogP contribution is 2.40. The number of aryl methyl sites for hydroxylation is 1. The second-order valence-electron chi connectivity index (χ2n) is 18.1. The highest BCUT2D eigenvalue weighted by atomic mass is 16.7. The van der Waals surface area contributed by atoms with Crippen molar-refractivity contribution in [3.05, 3.63) is 35.4 Å². The lowest BCUT2D eigenvalue weighted by Gasteiger charge is -2.49. The third kappa shape index (κ3) is 13.6. The maximum Gasteiger partial charge on any atom is 0.332 e. The van der Waals surface area contributed by atoms with E-state index in [1.807, 2.05) is 6.92 Å². The summed E-state index contributed by atoms with van der Waals surface area (Å²) in [6.07, 6.45) is -9.51. The minimum atomic E-state index is -1.66. The number of benzene rings is 1. The van der Waals surface area contributed by atoms with E-state index in [0.29, 0.717) is 37.7 Å². The summed E-state index contributed by atoms with van der Waals surface area (Å²) in [6, 6.07) is 5.72. The van der Waals surface area contributed by atoms with Crippen molar-refractivity contribution in [1.29, 1.82) is 0 Å². The molecule has 64 heavy (non-hydrogen) atoms. The quantitative estimate of drug-likeness (QED) is 0.0816. The number of aliphatic carboxylic acids is 1. The number of amides is 2. The fraction of sp³-hybridized carbons (Fsp3) is 0.761. The van der Waals surface area contributed by atoms with Gasteiger partial charge in [0.15, 0.2) is 18.7 Å². The predicted molar refractivity (Wildman–Crippen MR) is 227 cm³/mol. The van der Waals surface area contributed by atoms with Crippen LogP contribution in [0.25, 0.3) is 0 Å². The number of aliphatic hydroxyl groups excluding tert-OH is 5. The number of carbonyl (C=O) groups is 5. The average Bonchev–Trinajstić information content (AvgIpc) is 3.27. The molecule has 0 aromatic heterocycles. The van der Waals surface area contributed by atoms with Crippen LogP contribution in [-0.4, -0.2) is 153 Å². The Kier molecular flexibility index (Phi) is 19.6. The summed E-state index contributed by atoms with van der Waals surface area (Å²) in [6.45, 7) is 5.59. The molecule has 0 radical (unpaired) electrons. The summed E-state index contributed by atoms with van der Waals surface area (Å²) in [5, 5.41) is 69.8. The zero-order chi connectivity index (χ0) is 46.7. The normalized spacial score (nSPS) is 34.1. The molecule has 0 spiro atoms. The molecule has 2 saturated carbocycles. The number of ether oxygens (including phenoxy) is 5. The van der Waals surface area contributed by atoms with E-state index >= 15 is 0 Å². The van der Waals surface area contributed by atoms with E-state index in [2.05, 4.69) is 10.6 Å². The zero-order valence-corrected chi connectivity index (χ0v) is 37.4. The van der Waals surface area contributed by atoms with Crippen molar-refractivity contribution >= 4 is 29.4 Å². The van der Waals surface area contributed by atoms with Gasteiger partial charge < -0.3 is 69.8 Å². The number of nitrogens with one attached hydrogen (secondary N) is 2.